The summed E-state index contributed by atoms with van der Waals surface area (Å²) in [7, 11) is 0. The third-order valence-corrected chi connectivity index (χ3v) is 4.50. The van der Waals surface area contributed by atoms with Crippen molar-refractivity contribution in [1.82, 2.24) is 10.6 Å². The van der Waals surface area contributed by atoms with Crippen LogP contribution < -0.4 is 16.4 Å². The van der Waals surface area contributed by atoms with Crippen molar-refractivity contribution in [2.75, 3.05) is 12.0 Å². The Kier molecular flexibility index (Phi) is 9.15. The van der Waals surface area contributed by atoms with Crippen molar-refractivity contribution in [1.29, 1.82) is 0 Å². The molecular weight excluding hydrogens is 354 g/mol. The number of carboxylic acid groups (broad SMARTS) is 1. The Morgan fingerprint density at radius 1 is 1.12 bits per heavy atom. The molecule has 1 aromatic carbocycles. The molecule has 7 nitrogen and oxygen atoms in total. The smallest absolute Gasteiger partial charge is 0.305 e. The van der Waals surface area contributed by atoms with Gasteiger partial charge in [0.2, 0.25) is 11.8 Å². The summed E-state index contributed by atoms with van der Waals surface area (Å²) >= 11 is 1.60. The van der Waals surface area contributed by atoms with Crippen LogP contribution in [0.3, 0.4) is 0 Å². The van der Waals surface area contributed by atoms with Gasteiger partial charge < -0.3 is 21.5 Å². The normalized spacial score (nSPS) is 14.3. The summed E-state index contributed by atoms with van der Waals surface area (Å²) in [4.78, 5) is 35.5. The van der Waals surface area contributed by atoms with Gasteiger partial charge in [0.15, 0.2) is 0 Å². The first-order valence-electron chi connectivity index (χ1n) is 8.38. The molecular formula is C18H27N3O4S. The van der Waals surface area contributed by atoms with Crippen LogP contribution in [0.5, 0.6) is 0 Å². The minimum absolute atomic E-state index is 0.179. The van der Waals surface area contributed by atoms with Gasteiger partial charge >= 0.3 is 5.97 Å². The standard InChI is InChI=1S/C18H27N3O4S/c1-11(2)16(21-17(24)13(19)9-15(22)23)18(25)20-14(10-26-3)12-7-5-4-6-8-12/h4-8,11,13-14,16H,9-10,19H2,1-3H3,(H,20,25)(H,21,24)(H,22,23)/t13-,14-,16+/m0/s1. The van der Waals surface area contributed by atoms with Crippen molar-refractivity contribution < 1.29 is 19.5 Å². The van der Waals surface area contributed by atoms with Gasteiger partial charge in [0.05, 0.1) is 18.5 Å². The minimum Gasteiger partial charge on any atom is -0.481 e. The first-order valence-corrected chi connectivity index (χ1v) is 9.77. The van der Waals surface area contributed by atoms with Crippen LogP contribution in [0, 0.1) is 5.92 Å². The molecule has 0 radical (unpaired) electrons. The topological polar surface area (TPSA) is 122 Å². The molecule has 0 heterocycles. The van der Waals surface area contributed by atoms with Crippen molar-refractivity contribution in [3.8, 4) is 0 Å². The maximum atomic E-state index is 12.7. The number of benzene rings is 1. The van der Waals surface area contributed by atoms with E-state index in [4.69, 9.17) is 10.8 Å². The first-order chi connectivity index (χ1) is 12.3. The van der Waals surface area contributed by atoms with E-state index in [1.165, 1.54) is 0 Å². The first kappa shape index (κ1) is 22.0. The Labute approximate surface area is 158 Å². The van der Waals surface area contributed by atoms with E-state index in [0.717, 1.165) is 5.56 Å². The van der Waals surface area contributed by atoms with Crippen LogP contribution in [0.25, 0.3) is 0 Å². The summed E-state index contributed by atoms with van der Waals surface area (Å²) in [6.45, 7) is 3.61. The number of thioether (sulfide) groups is 1. The lowest BCUT2D eigenvalue weighted by Gasteiger charge is -2.26. The molecule has 5 N–H and O–H groups in total. The second-order valence-corrected chi connectivity index (χ2v) is 7.27. The molecule has 144 valence electrons. The number of carbonyl (C=O) groups excluding carboxylic acids is 2. The van der Waals surface area contributed by atoms with Crippen molar-refractivity contribution in [3.63, 3.8) is 0 Å². The fraction of sp³-hybridized carbons (Fsp3) is 0.500. The number of hydrogen-bond donors (Lipinski definition) is 4. The van der Waals surface area contributed by atoms with E-state index < -0.39 is 30.4 Å². The zero-order chi connectivity index (χ0) is 19.7. The molecule has 0 aliphatic carbocycles. The van der Waals surface area contributed by atoms with Gasteiger partial charge in [0.25, 0.3) is 0 Å². The second kappa shape index (κ2) is 10.8. The average molecular weight is 381 g/mol. The monoisotopic (exact) mass is 381 g/mol. The number of nitrogens with two attached hydrogens (primary N) is 1. The number of nitrogens with one attached hydrogen (secondary N) is 2. The molecule has 3 atom stereocenters. The summed E-state index contributed by atoms with van der Waals surface area (Å²) in [6, 6.07) is 7.41. The third kappa shape index (κ3) is 7.05. The van der Waals surface area contributed by atoms with E-state index in [9.17, 15) is 14.4 Å². The van der Waals surface area contributed by atoms with Crippen molar-refractivity contribution in [2.24, 2.45) is 11.7 Å². The van der Waals surface area contributed by atoms with E-state index in [1.54, 1.807) is 25.6 Å². The number of hydrogen-bond acceptors (Lipinski definition) is 5. The highest BCUT2D eigenvalue weighted by atomic mass is 32.2. The summed E-state index contributed by atoms with van der Waals surface area (Å²) in [5, 5.41) is 14.3. The largest absolute Gasteiger partial charge is 0.481 e. The molecule has 0 saturated carbocycles. The van der Waals surface area contributed by atoms with Gasteiger partial charge in [-0.1, -0.05) is 44.2 Å². The molecule has 0 saturated heterocycles. The molecule has 2 amide bonds. The van der Waals surface area contributed by atoms with Crippen molar-refractivity contribution >= 4 is 29.5 Å². The Morgan fingerprint density at radius 2 is 1.73 bits per heavy atom. The highest BCUT2D eigenvalue weighted by Gasteiger charge is 2.28. The van der Waals surface area contributed by atoms with Crippen LogP contribution in [0.2, 0.25) is 0 Å². The molecule has 26 heavy (non-hydrogen) atoms. The highest BCUT2D eigenvalue weighted by molar-refractivity contribution is 7.98. The predicted molar refractivity (Wildman–Crippen MR) is 103 cm³/mol. The predicted octanol–water partition coefficient (Wildman–Crippen LogP) is 1.15. The lowest BCUT2D eigenvalue weighted by molar-refractivity contribution is -0.139. The lowest BCUT2D eigenvalue weighted by atomic mass is 10.0. The van der Waals surface area contributed by atoms with Gasteiger partial charge in [-0.05, 0) is 17.7 Å². The second-order valence-electron chi connectivity index (χ2n) is 6.36. The van der Waals surface area contributed by atoms with E-state index >= 15 is 0 Å². The van der Waals surface area contributed by atoms with Crippen LogP contribution >= 0.6 is 11.8 Å². The van der Waals surface area contributed by atoms with E-state index in [2.05, 4.69) is 10.6 Å². The highest BCUT2D eigenvalue weighted by Crippen LogP contribution is 2.17. The van der Waals surface area contributed by atoms with Gasteiger partial charge in [0.1, 0.15) is 6.04 Å². The molecule has 0 aliphatic rings. The van der Waals surface area contributed by atoms with Gasteiger partial charge in [-0.15, -0.1) is 0 Å². The van der Waals surface area contributed by atoms with Gasteiger partial charge in [0, 0.05) is 5.75 Å². The summed E-state index contributed by atoms with van der Waals surface area (Å²) in [5.41, 5.74) is 6.56. The third-order valence-electron chi connectivity index (χ3n) is 3.83. The Bertz CT molecular complexity index is 610. The fourth-order valence-corrected chi connectivity index (χ4v) is 3.02. The fourth-order valence-electron chi connectivity index (χ4n) is 2.41. The number of rotatable bonds is 10. The van der Waals surface area contributed by atoms with Crippen molar-refractivity contribution in [2.45, 2.75) is 38.4 Å². The van der Waals surface area contributed by atoms with Gasteiger partial charge in [-0.25, -0.2) is 0 Å². The van der Waals surface area contributed by atoms with Crippen LogP contribution in [-0.4, -0.2) is 47.0 Å². The molecule has 1 rings (SSSR count). The van der Waals surface area contributed by atoms with Gasteiger partial charge in [-0.3, -0.25) is 14.4 Å². The maximum Gasteiger partial charge on any atom is 0.305 e. The molecule has 8 heteroatoms. The Hall–Kier alpha value is -2.06. The molecule has 0 aliphatic heterocycles. The van der Waals surface area contributed by atoms with E-state index in [0.29, 0.717) is 5.75 Å². The molecule has 1 aromatic rings. The maximum absolute atomic E-state index is 12.7. The van der Waals surface area contributed by atoms with Crippen LogP contribution in [0.4, 0.5) is 0 Å². The zero-order valence-corrected chi connectivity index (χ0v) is 16.1. The van der Waals surface area contributed by atoms with Crippen molar-refractivity contribution in [3.05, 3.63) is 35.9 Å². The van der Waals surface area contributed by atoms with E-state index in [-0.39, 0.29) is 17.9 Å². The SMILES string of the molecule is CSC[C@H](NC(=O)[C@H](NC(=O)[C@@H](N)CC(=O)O)C(C)C)c1ccccc1. The van der Waals surface area contributed by atoms with Crippen LogP contribution in [0.1, 0.15) is 31.9 Å². The molecule has 0 bridgehead atoms. The van der Waals surface area contributed by atoms with Crippen LogP contribution in [-0.2, 0) is 14.4 Å². The average Bonchev–Trinajstić information content (AvgIpc) is 2.58. The van der Waals surface area contributed by atoms with Crippen LogP contribution in [0.15, 0.2) is 30.3 Å². The number of aliphatic carboxylic acids is 1. The summed E-state index contributed by atoms with van der Waals surface area (Å²) < 4.78 is 0. The van der Waals surface area contributed by atoms with E-state index in [1.807, 2.05) is 36.6 Å². The molecule has 0 aromatic heterocycles. The molecule has 0 spiro atoms. The number of carbonyl (C=O) groups is 3. The zero-order valence-electron chi connectivity index (χ0n) is 15.3. The Morgan fingerprint density at radius 3 is 2.23 bits per heavy atom. The minimum atomic E-state index is -1.20. The van der Waals surface area contributed by atoms with Gasteiger partial charge in [-0.2, -0.15) is 11.8 Å². The number of amides is 2. The quantitative estimate of drug-likeness (QED) is 0.482. The summed E-state index contributed by atoms with van der Waals surface area (Å²) in [6.07, 6.45) is 1.46. The Balaban J connectivity index is 2.83. The molecule has 0 unspecified atom stereocenters. The summed E-state index contributed by atoms with van der Waals surface area (Å²) in [5.74, 6) is -1.63. The number of carboxylic acids is 1. The molecule has 0 fully saturated rings. The lowest BCUT2D eigenvalue weighted by Crippen LogP contribution is -2.54.